The van der Waals surface area contributed by atoms with Crippen LogP contribution in [0.4, 0.5) is 4.79 Å². The standard InChI is InChI=1S/C24H25ClN4O4S/c1-14(21(30)26-10-17-8-18-19(25)13-34-23(18)27-11-17)28-22(31)20-9-16(12-29(20)24(32)33)7-15-5-3-2-4-6-15/h2-6,8,11,13-14,16,20H,7,9-10,12H2,1H3,(H,26,30)(H,28,31)(H,32,33)/t14-,16-,20+/m0/s1. The number of halogens is 1. The first kappa shape index (κ1) is 24.0. The molecule has 0 saturated carbocycles. The Morgan fingerprint density at radius 3 is 2.76 bits per heavy atom. The first-order valence-corrected chi connectivity index (χ1v) is 12.2. The average molecular weight is 501 g/mol. The highest BCUT2D eigenvalue weighted by Crippen LogP contribution is 2.29. The van der Waals surface area contributed by atoms with Crippen molar-refractivity contribution in [3.05, 3.63) is 64.1 Å². The molecule has 3 N–H and O–H groups in total. The minimum Gasteiger partial charge on any atom is -0.465 e. The largest absolute Gasteiger partial charge is 0.465 e. The van der Waals surface area contributed by atoms with Crippen molar-refractivity contribution in [1.82, 2.24) is 20.5 Å². The Hall–Kier alpha value is -3.17. The molecule has 1 saturated heterocycles. The number of nitrogens with one attached hydrogen (secondary N) is 2. The summed E-state index contributed by atoms with van der Waals surface area (Å²) in [5.41, 5.74) is 1.89. The van der Waals surface area contributed by atoms with Gasteiger partial charge in [0.1, 0.15) is 16.9 Å². The second kappa shape index (κ2) is 10.4. The lowest BCUT2D eigenvalue weighted by atomic mass is 9.96. The topological polar surface area (TPSA) is 112 Å². The number of rotatable bonds is 7. The van der Waals surface area contributed by atoms with Gasteiger partial charge in [-0.3, -0.25) is 14.5 Å². The van der Waals surface area contributed by atoms with E-state index < -0.39 is 24.1 Å². The van der Waals surface area contributed by atoms with Gasteiger partial charge < -0.3 is 15.7 Å². The number of likely N-dealkylation sites (tertiary alicyclic amines) is 1. The summed E-state index contributed by atoms with van der Waals surface area (Å²) in [5.74, 6) is -0.802. The molecular weight excluding hydrogens is 476 g/mol. The van der Waals surface area contributed by atoms with Gasteiger partial charge in [0.05, 0.1) is 5.02 Å². The SMILES string of the molecule is C[C@H](NC(=O)[C@H]1C[C@H](Cc2ccccc2)CN1C(=O)O)C(=O)NCc1cnc2scc(Cl)c2c1. The molecule has 3 heterocycles. The summed E-state index contributed by atoms with van der Waals surface area (Å²) >= 11 is 7.61. The fraction of sp³-hybridized carbons (Fsp3) is 0.333. The maximum absolute atomic E-state index is 12.9. The number of carbonyl (C=O) groups is 3. The summed E-state index contributed by atoms with van der Waals surface area (Å²) in [5, 5.41) is 18.3. The molecule has 178 valence electrons. The van der Waals surface area contributed by atoms with Crippen LogP contribution in [0.3, 0.4) is 0 Å². The minimum absolute atomic E-state index is 0.0322. The molecule has 0 radical (unpaired) electrons. The second-order valence-corrected chi connectivity index (χ2v) is 9.74. The van der Waals surface area contributed by atoms with Crippen molar-refractivity contribution in [3.63, 3.8) is 0 Å². The fourth-order valence-corrected chi connectivity index (χ4v) is 5.31. The zero-order chi connectivity index (χ0) is 24.2. The molecule has 0 unspecified atom stereocenters. The smallest absolute Gasteiger partial charge is 0.407 e. The number of aromatic nitrogens is 1. The summed E-state index contributed by atoms with van der Waals surface area (Å²) in [6.07, 6.45) is 1.64. The van der Waals surface area contributed by atoms with Crippen molar-refractivity contribution in [2.24, 2.45) is 5.92 Å². The lowest BCUT2D eigenvalue weighted by molar-refractivity contribution is -0.130. The van der Waals surface area contributed by atoms with Crippen molar-refractivity contribution in [3.8, 4) is 0 Å². The molecule has 0 bridgehead atoms. The molecule has 3 aromatic rings. The van der Waals surface area contributed by atoms with Crippen LogP contribution in [0.1, 0.15) is 24.5 Å². The van der Waals surface area contributed by atoms with E-state index in [9.17, 15) is 19.5 Å². The van der Waals surface area contributed by atoms with E-state index in [4.69, 9.17) is 11.6 Å². The van der Waals surface area contributed by atoms with Crippen LogP contribution in [-0.4, -0.2) is 51.5 Å². The molecule has 34 heavy (non-hydrogen) atoms. The van der Waals surface area contributed by atoms with Crippen LogP contribution in [0.5, 0.6) is 0 Å². The molecule has 8 nitrogen and oxygen atoms in total. The highest BCUT2D eigenvalue weighted by Gasteiger charge is 2.40. The first-order valence-electron chi connectivity index (χ1n) is 10.9. The van der Waals surface area contributed by atoms with E-state index in [0.717, 1.165) is 21.3 Å². The Balaban J connectivity index is 1.32. The number of carbonyl (C=O) groups excluding carboxylic acids is 2. The Bertz CT molecular complexity index is 1200. The van der Waals surface area contributed by atoms with Crippen molar-refractivity contribution in [2.75, 3.05) is 6.54 Å². The number of carboxylic acid groups (broad SMARTS) is 1. The van der Waals surface area contributed by atoms with Gasteiger partial charge in [0.15, 0.2) is 0 Å². The molecule has 3 amide bonds. The number of fused-ring (bicyclic) bond motifs is 1. The van der Waals surface area contributed by atoms with Gasteiger partial charge in [-0.1, -0.05) is 41.9 Å². The van der Waals surface area contributed by atoms with Crippen molar-refractivity contribution in [2.45, 2.75) is 38.4 Å². The third kappa shape index (κ3) is 5.48. The molecule has 10 heteroatoms. The number of nitrogens with zero attached hydrogens (tertiary/aromatic N) is 2. The van der Waals surface area contributed by atoms with E-state index in [-0.39, 0.29) is 24.9 Å². The first-order chi connectivity index (χ1) is 16.3. The summed E-state index contributed by atoms with van der Waals surface area (Å²) in [4.78, 5) is 43.5. The average Bonchev–Trinajstić information content (AvgIpc) is 3.42. The zero-order valence-electron chi connectivity index (χ0n) is 18.5. The van der Waals surface area contributed by atoms with Crippen LogP contribution in [0.15, 0.2) is 48.0 Å². The highest BCUT2D eigenvalue weighted by atomic mass is 35.5. The number of amides is 3. The predicted octanol–water partition coefficient (Wildman–Crippen LogP) is 3.68. The maximum Gasteiger partial charge on any atom is 0.407 e. The molecular formula is C24H25ClN4O4S. The predicted molar refractivity (Wildman–Crippen MR) is 131 cm³/mol. The van der Waals surface area contributed by atoms with Crippen LogP contribution in [0.2, 0.25) is 5.02 Å². The summed E-state index contributed by atoms with van der Waals surface area (Å²) in [7, 11) is 0. The van der Waals surface area contributed by atoms with E-state index in [1.807, 2.05) is 41.8 Å². The van der Waals surface area contributed by atoms with E-state index in [2.05, 4.69) is 15.6 Å². The summed E-state index contributed by atoms with van der Waals surface area (Å²) in [6.45, 7) is 2.09. The van der Waals surface area contributed by atoms with Gasteiger partial charge in [0.25, 0.3) is 0 Å². The van der Waals surface area contributed by atoms with Gasteiger partial charge in [-0.05, 0) is 42.9 Å². The number of hydrogen-bond acceptors (Lipinski definition) is 5. The van der Waals surface area contributed by atoms with Crippen LogP contribution < -0.4 is 10.6 Å². The molecule has 2 aromatic heterocycles. The van der Waals surface area contributed by atoms with Crippen molar-refractivity contribution >= 4 is 51.1 Å². The second-order valence-electron chi connectivity index (χ2n) is 8.47. The van der Waals surface area contributed by atoms with Crippen molar-refractivity contribution < 1.29 is 19.5 Å². The van der Waals surface area contributed by atoms with E-state index in [0.29, 0.717) is 17.9 Å². The molecule has 1 aliphatic heterocycles. The lowest BCUT2D eigenvalue weighted by Crippen LogP contribution is -2.51. The van der Waals surface area contributed by atoms with Crippen LogP contribution in [0.25, 0.3) is 10.2 Å². The molecule has 3 atom stereocenters. The molecule has 0 spiro atoms. The van der Waals surface area contributed by atoms with Gasteiger partial charge in [-0.15, -0.1) is 11.3 Å². The molecule has 1 fully saturated rings. The number of thiophene rings is 1. The van der Waals surface area contributed by atoms with Crippen LogP contribution >= 0.6 is 22.9 Å². The van der Waals surface area contributed by atoms with Crippen molar-refractivity contribution in [1.29, 1.82) is 0 Å². The molecule has 1 aliphatic rings. The molecule has 4 rings (SSSR count). The quantitative estimate of drug-likeness (QED) is 0.458. The third-order valence-corrected chi connectivity index (χ3v) is 7.31. The molecule has 1 aromatic carbocycles. The highest BCUT2D eigenvalue weighted by molar-refractivity contribution is 7.17. The normalized spacial score (nSPS) is 18.6. The Morgan fingerprint density at radius 2 is 2.03 bits per heavy atom. The Morgan fingerprint density at radius 1 is 1.26 bits per heavy atom. The number of hydrogen-bond donors (Lipinski definition) is 3. The molecule has 0 aliphatic carbocycles. The fourth-order valence-electron chi connectivity index (χ4n) is 4.22. The lowest BCUT2D eigenvalue weighted by Gasteiger charge is -2.22. The van der Waals surface area contributed by atoms with Gasteiger partial charge in [-0.2, -0.15) is 0 Å². The van der Waals surface area contributed by atoms with Gasteiger partial charge in [0.2, 0.25) is 11.8 Å². The van der Waals surface area contributed by atoms with Gasteiger partial charge in [0, 0.05) is 30.1 Å². The maximum atomic E-state index is 12.9. The van der Waals surface area contributed by atoms with E-state index in [1.165, 1.54) is 16.2 Å². The van der Waals surface area contributed by atoms with Crippen LogP contribution in [-0.2, 0) is 22.6 Å². The Kier molecular flexibility index (Phi) is 7.33. The summed E-state index contributed by atoms with van der Waals surface area (Å²) < 4.78 is 0. The van der Waals surface area contributed by atoms with E-state index in [1.54, 1.807) is 13.1 Å². The number of benzene rings is 1. The van der Waals surface area contributed by atoms with Crippen LogP contribution in [0, 0.1) is 5.92 Å². The van der Waals surface area contributed by atoms with Gasteiger partial charge in [-0.25, -0.2) is 9.78 Å². The zero-order valence-corrected chi connectivity index (χ0v) is 20.1. The van der Waals surface area contributed by atoms with Gasteiger partial charge >= 0.3 is 6.09 Å². The number of pyridine rings is 1. The monoisotopic (exact) mass is 500 g/mol. The third-order valence-electron chi connectivity index (χ3n) is 5.96. The Labute approximate surface area is 205 Å². The minimum atomic E-state index is -1.14. The summed E-state index contributed by atoms with van der Waals surface area (Å²) in [6, 6.07) is 10.0. The van der Waals surface area contributed by atoms with E-state index >= 15 is 0 Å².